The van der Waals surface area contributed by atoms with Crippen molar-refractivity contribution in [3.8, 4) is 0 Å². The zero-order valence-electron chi connectivity index (χ0n) is 11.5. The molecule has 2 atom stereocenters. The number of carbonyl (C=O) groups is 1. The maximum absolute atomic E-state index is 11.2. The van der Waals surface area contributed by atoms with Gasteiger partial charge in [-0.25, -0.2) is 0 Å². The summed E-state index contributed by atoms with van der Waals surface area (Å²) < 4.78 is 0. The second kappa shape index (κ2) is 6.21. The molecule has 0 aliphatic heterocycles. The molecule has 0 rings (SSSR count). The lowest BCUT2D eigenvalue weighted by Crippen LogP contribution is -2.51. The highest BCUT2D eigenvalue weighted by Gasteiger charge is 2.26. The molecule has 0 saturated heterocycles. The van der Waals surface area contributed by atoms with Gasteiger partial charge in [-0.1, -0.05) is 27.7 Å². The topological polar surface area (TPSA) is 58.4 Å². The van der Waals surface area contributed by atoms with Gasteiger partial charge in [0.25, 0.3) is 0 Å². The fourth-order valence-corrected chi connectivity index (χ4v) is 1.61. The molecule has 0 aromatic carbocycles. The largest absolute Gasteiger partial charge is 0.368 e. The van der Waals surface area contributed by atoms with E-state index in [4.69, 9.17) is 5.73 Å². The van der Waals surface area contributed by atoms with E-state index >= 15 is 0 Å². The molecule has 3 N–H and O–H groups in total. The van der Waals surface area contributed by atoms with E-state index in [-0.39, 0.29) is 17.4 Å². The minimum atomic E-state index is -0.283. The van der Waals surface area contributed by atoms with Crippen LogP contribution in [-0.2, 0) is 4.79 Å². The third-order valence-corrected chi connectivity index (χ3v) is 3.18. The third kappa shape index (κ3) is 4.94. The number of nitrogens with one attached hydrogen (secondary N) is 1. The highest BCUT2D eigenvalue weighted by atomic mass is 16.1. The van der Waals surface area contributed by atoms with Gasteiger partial charge in [-0.2, -0.15) is 0 Å². The lowest BCUT2D eigenvalue weighted by molar-refractivity contribution is -0.120. The summed E-state index contributed by atoms with van der Waals surface area (Å²) in [5.74, 6) is -0.283. The quantitative estimate of drug-likeness (QED) is 0.709. The van der Waals surface area contributed by atoms with Gasteiger partial charge in [-0.15, -0.1) is 0 Å². The van der Waals surface area contributed by atoms with Gasteiger partial charge < -0.3 is 16.0 Å². The SMILES string of the molecule is CCNC(CN(C)C(C)C(C)(C)C)C(N)=O. The molecule has 4 nitrogen and oxygen atoms in total. The first kappa shape index (κ1) is 15.4. The van der Waals surface area contributed by atoms with Crippen molar-refractivity contribution in [2.24, 2.45) is 11.1 Å². The molecule has 0 bridgehead atoms. The second-order valence-electron chi connectivity index (χ2n) is 5.49. The molecule has 0 spiro atoms. The fourth-order valence-electron chi connectivity index (χ4n) is 1.61. The van der Waals surface area contributed by atoms with Crippen LogP contribution in [0.25, 0.3) is 0 Å². The molecular formula is C12H27N3O. The summed E-state index contributed by atoms with van der Waals surface area (Å²) in [6.07, 6.45) is 0. The molecule has 4 heteroatoms. The number of rotatable bonds is 6. The smallest absolute Gasteiger partial charge is 0.235 e. The van der Waals surface area contributed by atoms with Crippen molar-refractivity contribution in [1.82, 2.24) is 10.2 Å². The Morgan fingerprint density at radius 2 is 1.94 bits per heavy atom. The average molecular weight is 229 g/mol. The zero-order chi connectivity index (χ0) is 12.9. The number of nitrogens with two attached hydrogens (primary N) is 1. The van der Waals surface area contributed by atoms with Crippen molar-refractivity contribution >= 4 is 5.91 Å². The highest BCUT2D eigenvalue weighted by Crippen LogP contribution is 2.22. The van der Waals surface area contributed by atoms with Crippen LogP contribution in [0.2, 0.25) is 0 Å². The van der Waals surface area contributed by atoms with Gasteiger partial charge in [-0.3, -0.25) is 4.79 Å². The Hall–Kier alpha value is -0.610. The summed E-state index contributed by atoms with van der Waals surface area (Å²) in [5, 5.41) is 3.10. The van der Waals surface area contributed by atoms with Crippen molar-refractivity contribution in [3.63, 3.8) is 0 Å². The minimum Gasteiger partial charge on any atom is -0.368 e. The Kier molecular flexibility index (Phi) is 5.97. The molecule has 0 aliphatic rings. The number of primary amides is 1. The van der Waals surface area contributed by atoms with Crippen molar-refractivity contribution in [1.29, 1.82) is 0 Å². The van der Waals surface area contributed by atoms with Crippen LogP contribution in [0.1, 0.15) is 34.6 Å². The number of amides is 1. The first-order valence-electron chi connectivity index (χ1n) is 5.93. The maximum atomic E-state index is 11.2. The number of nitrogens with zero attached hydrogens (tertiary/aromatic N) is 1. The van der Waals surface area contributed by atoms with Crippen LogP contribution in [-0.4, -0.2) is 43.0 Å². The van der Waals surface area contributed by atoms with E-state index in [0.717, 1.165) is 6.54 Å². The minimum absolute atomic E-state index is 0.198. The van der Waals surface area contributed by atoms with Gasteiger partial charge in [0, 0.05) is 12.6 Å². The first-order chi connectivity index (χ1) is 7.20. The Morgan fingerprint density at radius 1 is 1.44 bits per heavy atom. The maximum Gasteiger partial charge on any atom is 0.235 e. The van der Waals surface area contributed by atoms with Crippen LogP contribution >= 0.6 is 0 Å². The van der Waals surface area contributed by atoms with E-state index in [0.29, 0.717) is 12.6 Å². The number of likely N-dealkylation sites (N-methyl/N-ethyl adjacent to an activating group) is 2. The van der Waals surface area contributed by atoms with Crippen LogP contribution in [0.3, 0.4) is 0 Å². The van der Waals surface area contributed by atoms with Gasteiger partial charge in [0.05, 0.1) is 6.04 Å². The van der Waals surface area contributed by atoms with Crippen LogP contribution < -0.4 is 11.1 Å². The highest BCUT2D eigenvalue weighted by molar-refractivity contribution is 5.80. The molecule has 0 saturated carbocycles. The summed E-state index contributed by atoms with van der Waals surface area (Å²) >= 11 is 0. The molecule has 96 valence electrons. The van der Waals surface area contributed by atoms with Crippen molar-refractivity contribution in [2.75, 3.05) is 20.1 Å². The molecular weight excluding hydrogens is 202 g/mol. The van der Waals surface area contributed by atoms with Crippen LogP contribution in [0.15, 0.2) is 0 Å². The Bertz CT molecular complexity index is 223. The standard InChI is InChI=1S/C12H27N3O/c1-7-14-10(11(13)16)8-15(6)9(2)12(3,4)5/h9-10,14H,7-8H2,1-6H3,(H2,13,16). The average Bonchev–Trinajstić information content (AvgIpc) is 2.14. The summed E-state index contributed by atoms with van der Waals surface area (Å²) in [6.45, 7) is 12.1. The van der Waals surface area contributed by atoms with E-state index in [1.165, 1.54) is 0 Å². The first-order valence-corrected chi connectivity index (χ1v) is 5.93. The van der Waals surface area contributed by atoms with Gasteiger partial charge in [0.15, 0.2) is 0 Å². The zero-order valence-corrected chi connectivity index (χ0v) is 11.5. The number of carbonyl (C=O) groups excluding carboxylic acids is 1. The molecule has 16 heavy (non-hydrogen) atoms. The summed E-state index contributed by atoms with van der Waals surface area (Å²) in [6, 6.07) is 0.132. The fraction of sp³-hybridized carbons (Fsp3) is 0.917. The lowest BCUT2D eigenvalue weighted by atomic mass is 9.87. The van der Waals surface area contributed by atoms with Crippen LogP contribution in [0.5, 0.6) is 0 Å². The van der Waals surface area contributed by atoms with Crippen LogP contribution in [0.4, 0.5) is 0 Å². The van der Waals surface area contributed by atoms with Gasteiger partial charge >= 0.3 is 0 Å². The number of hydrogen-bond acceptors (Lipinski definition) is 3. The predicted octanol–water partition coefficient (Wildman–Crippen LogP) is 0.816. The third-order valence-electron chi connectivity index (χ3n) is 3.18. The molecule has 0 fully saturated rings. The molecule has 0 aromatic heterocycles. The molecule has 0 aliphatic carbocycles. The molecule has 0 radical (unpaired) electrons. The summed E-state index contributed by atoms with van der Waals surface area (Å²) in [4.78, 5) is 13.4. The normalized spacial score (nSPS) is 16.2. The Morgan fingerprint density at radius 3 is 2.25 bits per heavy atom. The second-order valence-corrected chi connectivity index (χ2v) is 5.49. The Balaban J connectivity index is 4.40. The predicted molar refractivity (Wildman–Crippen MR) is 68.2 cm³/mol. The molecule has 0 heterocycles. The van der Waals surface area contributed by atoms with Gasteiger partial charge in [-0.05, 0) is 25.9 Å². The van der Waals surface area contributed by atoms with Gasteiger partial charge in [0.2, 0.25) is 5.91 Å². The lowest BCUT2D eigenvalue weighted by Gasteiger charge is -2.36. The van der Waals surface area contributed by atoms with Crippen molar-refractivity contribution in [2.45, 2.75) is 46.7 Å². The Labute approximate surface area is 99.6 Å². The molecule has 2 unspecified atom stereocenters. The molecule has 1 amide bonds. The monoisotopic (exact) mass is 229 g/mol. The van der Waals surface area contributed by atoms with E-state index in [9.17, 15) is 4.79 Å². The van der Waals surface area contributed by atoms with E-state index < -0.39 is 0 Å². The van der Waals surface area contributed by atoms with E-state index in [1.807, 2.05) is 14.0 Å². The van der Waals surface area contributed by atoms with Crippen molar-refractivity contribution in [3.05, 3.63) is 0 Å². The van der Waals surface area contributed by atoms with Crippen LogP contribution in [0, 0.1) is 5.41 Å². The number of hydrogen-bond donors (Lipinski definition) is 2. The summed E-state index contributed by atoms with van der Waals surface area (Å²) in [7, 11) is 2.03. The summed E-state index contributed by atoms with van der Waals surface area (Å²) in [5.41, 5.74) is 5.55. The van der Waals surface area contributed by atoms with Gasteiger partial charge in [0.1, 0.15) is 0 Å². The van der Waals surface area contributed by atoms with E-state index in [2.05, 4.69) is 37.9 Å². The van der Waals surface area contributed by atoms with E-state index in [1.54, 1.807) is 0 Å². The molecule has 0 aromatic rings. The van der Waals surface area contributed by atoms with Crippen molar-refractivity contribution < 1.29 is 4.79 Å².